The lowest BCUT2D eigenvalue weighted by Crippen LogP contribution is -2.52. The van der Waals surface area contributed by atoms with Crippen LogP contribution >= 0.6 is 0 Å². The molecule has 4 N–H and O–H groups in total. The molecule has 1 aromatic heterocycles. The van der Waals surface area contributed by atoms with Crippen LogP contribution in [0.5, 0.6) is 0 Å². The van der Waals surface area contributed by atoms with Crippen LogP contribution in [0.15, 0.2) is 59.2 Å². The predicted molar refractivity (Wildman–Crippen MR) is 157 cm³/mol. The van der Waals surface area contributed by atoms with Crippen molar-refractivity contribution in [2.75, 3.05) is 48.5 Å². The van der Waals surface area contributed by atoms with E-state index >= 15 is 0 Å². The Morgan fingerprint density at radius 1 is 1.12 bits per heavy atom. The molecule has 10 heteroatoms. The number of aliphatic imine (C=N–C) groups is 1. The van der Waals surface area contributed by atoms with E-state index in [0.29, 0.717) is 32.9 Å². The van der Waals surface area contributed by atoms with E-state index in [2.05, 4.69) is 36.3 Å². The predicted octanol–water partition coefficient (Wildman–Crippen LogP) is 4.74. The number of piperidine rings is 1. The molecule has 0 unspecified atom stereocenters. The first-order chi connectivity index (χ1) is 19.0. The molecule has 1 aromatic carbocycles. The third-order valence-electron chi connectivity index (χ3n) is 8.38. The van der Waals surface area contributed by atoms with Gasteiger partial charge in [0, 0.05) is 61.0 Å². The maximum Gasteiger partial charge on any atom is 0.251 e. The van der Waals surface area contributed by atoms with Gasteiger partial charge in [-0.15, -0.1) is 0 Å². The van der Waals surface area contributed by atoms with E-state index in [4.69, 9.17) is 20.4 Å². The Hall–Kier alpha value is -3.24. The first-order valence-corrected chi connectivity index (χ1v) is 14.0. The Labute approximate surface area is 235 Å². The normalized spacial score (nSPS) is 27.7. The number of amidine groups is 1. The lowest BCUT2D eigenvalue weighted by molar-refractivity contribution is -0.100. The van der Waals surface area contributed by atoms with Gasteiger partial charge in [-0.25, -0.2) is 18.8 Å². The Bertz CT molecular complexity index is 1250. The fourth-order valence-electron chi connectivity index (χ4n) is 6.02. The minimum atomic E-state index is -2.55. The zero-order valence-electron chi connectivity index (χ0n) is 23.9. The number of alkyl halides is 2. The van der Waals surface area contributed by atoms with E-state index < -0.39 is 5.92 Å². The van der Waals surface area contributed by atoms with Crippen LogP contribution < -0.4 is 26.2 Å². The highest BCUT2D eigenvalue weighted by molar-refractivity contribution is 6.13. The minimum Gasteiger partial charge on any atom is -0.404 e. The zero-order chi connectivity index (χ0) is 28.5. The van der Waals surface area contributed by atoms with Crippen LogP contribution in [0.1, 0.15) is 45.7 Å². The summed E-state index contributed by atoms with van der Waals surface area (Å²) in [6, 6.07) is 14.0. The molecule has 3 aliphatic rings. The molecule has 2 aromatic rings. The van der Waals surface area contributed by atoms with Crippen molar-refractivity contribution >= 4 is 23.0 Å². The van der Waals surface area contributed by atoms with Gasteiger partial charge in [-0.3, -0.25) is 0 Å². The van der Waals surface area contributed by atoms with Crippen molar-refractivity contribution in [3.05, 3.63) is 59.9 Å². The Kier molecular flexibility index (Phi) is 7.76. The monoisotopic (exact) mass is 553 g/mol. The van der Waals surface area contributed by atoms with Crippen LogP contribution in [0.2, 0.25) is 0 Å². The number of aromatic nitrogens is 1. The molecule has 3 aliphatic heterocycles. The topological polar surface area (TPSA) is 91.0 Å². The van der Waals surface area contributed by atoms with Gasteiger partial charge in [0.25, 0.3) is 5.92 Å². The van der Waals surface area contributed by atoms with Crippen molar-refractivity contribution in [1.29, 1.82) is 0 Å². The van der Waals surface area contributed by atoms with Crippen molar-refractivity contribution < 1.29 is 13.5 Å². The van der Waals surface area contributed by atoms with Gasteiger partial charge >= 0.3 is 0 Å². The summed E-state index contributed by atoms with van der Waals surface area (Å²) in [5.41, 5.74) is 9.40. The number of hydrogen-bond donors (Lipinski definition) is 3. The molecule has 0 bridgehead atoms. The summed E-state index contributed by atoms with van der Waals surface area (Å²) >= 11 is 0. The number of rotatable bonds is 7. The van der Waals surface area contributed by atoms with Crippen molar-refractivity contribution in [1.82, 2.24) is 10.3 Å². The molecular weight excluding hydrogens is 512 g/mol. The summed E-state index contributed by atoms with van der Waals surface area (Å²) in [5.74, 6) is -0.917. The molecule has 3 saturated heterocycles. The number of pyridine rings is 1. The Balaban J connectivity index is 1.38. The summed E-state index contributed by atoms with van der Waals surface area (Å²) in [5, 5.41) is 6.57. The van der Waals surface area contributed by atoms with E-state index in [1.165, 1.54) is 0 Å². The maximum absolute atomic E-state index is 13.5. The SMILES string of the molecule is CNCc1cccc(N2C(=NCNc3ccc(N4CCC(F)(F)CC4)cc3)/C(=C\N)[C@]3(C)COC(C)(C)C[C@H]23)n1. The highest BCUT2D eigenvalue weighted by atomic mass is 19.3. The average molecular weight is 554 g/mol. The van der Waals surface area contributed by atoms with Gasteiger partial charge in [0.05, 0.1) is 23.9 Å². The highest BCUT2D eigenvalue weighted by Gasteiger charge is 2.56. The molecule has 2 atom stereocenters. The fraction of sp³-hybridized carbons (Fsp3) is 0.533. The number of anilines is 3. The van der Waals surface area contributed by atoms with Gasteiger partial charge in [-0.1, -0.05) is 13.0 Å². The number of benzene rings is 1. The zero-order valence-corrected chi connectivity index (χ0v) is 23.9. The number of nitrogens with zero attached hydrogens (tertiary/aromatic N) is 4. The Morgan fingerprint density at radius 3 is 2.52 bits per heavy atom. The second kappa shape index (κ2) is 11.0. The Morgan fingerprint density at radius 2 is 1.85 bits per heavy atom. The van der Waals surface area contributed by atoms with Crippen LogP contribution in [0.3, 0.4) is 0 Å². The first-order valence-electron chi connectivity index (χ1n) is 14.0. The number of hydrogen-bond acceptors (Lipinski definition) is 7. The average Bonchev–Trinajstić information content (AvgIpc) is 3.16. The standard InChI is InChI=1S/C30H41F2N7O/c1-28(2)16-25-29(3,19-40-28)24(17-33)27(39(25)26-7-5-6-22(37-26)18-34-4)36-20-35-21-8-10-23(11-9-21)38-14-12-30(31,32)13-15-38/h5-11,17,25,34-35H,12-16,18-20,33H2,1-4H3/b24-17+,36-27?/t25-,29-/m0/s1. The number of nitrogens with one attached hydrogen (secondary N) is 2. The van der Waals surface area contributed by atoms with Crippen molar-refractivity contribution in [3.63, 3.8) is 0 Å². The van der Waals surface area contributed by atoms with E-state index in [0.717, 1.165) is 40.7 Å². The summed E-state index contributed by atoms with van der Waals surface area (Å²) in [4.78, 5) is 14.2. The first kappa shape index (κ1) is 28.3. The van der Waals surface area contributed by atoms with Crippen LogP contribution in [0.25, 0.3) is 0 Å². The minimum absolute atomic E-state index is 0.0818. The molecule has 40 heavy (non-hydrogen) atoms. The molecule has 3 fully saturated rings. The van der Waals surface area contributed by atoms with Gasteiger partial charge in [0.15, 0.2) is 0 Å². The van der Waals surface area contributed by atoms with Crippen LogP contribution in [-0.4, -0.2) is 61.8 Å². The molecule has 8 nitrogen and oxygen atoms in total. The smallest absolute Gasteiger partial charge is 0.251 e. The second-order valence-corrected chi connectivity index (χ2v) is 11.9. The molecule has 0 spiro atoms. The highest BCUT2D eigenvalue weighted by Crippen LogP contribution is 2.50. The number of fused-ring (bicyclic) bond motifs is 1. The third kappa shape index (κ3) is 5.65. The number of halogens is 2. The largest absolute Gasteiger partial charge is 0.404 e. The van der Waals surface area contributed by atoms with E-state index in [1.54, 1.807) is 6.20 Å². The molecule has 216 valence electrons. The van der Waals surface area contributed by atoms with Crippen LogP contribution in [0, 0.1) is 5.41 Å². The maximum atomic E-state index is 13.5. The van der Waals surface area contributed by atoms with Gasteiger partial charge in [-0.2, -0.15) is 0 Å². The van der Waals surface area contributed by atoms with Crippen molar-refractivity contribution in [2.24, 2.45) is 16.1 Å². The molecule has 5 rings (SSSR count). The van der Waals surface area contributed by atoms with Crippen molar-refractivity contribution in [2.45, 2.75) is 64.1 Å². The molecule has 0 amide bonds. The van der Waals surface area contributed by atoms with Gasteiger partial charge < -0.3 is 30.9 Å². The lowest BCUT2D eigenvalue weighted by atomic mass is 9.73. The van der Waals surface area contributed by atoms with Crippen LogP contribution in [-0.2, 0) is 11.3 Å². The quantitative estimate of drug-likeness (QED) is 0.456. The van der Waals surface area contributed by atoms with Crippen molar-refractivity contribution in [3.8, 4) is 0 Å². The molecule has 4 heterocycles. The molecule has 0 radical (unpaired) electrons. The van der Waals surface area contributed by atoms with Gasteiger partial charge in [0.1, 0.15) is 18.3 Å². The fourth-order valence-corrected chi connectivity index (χ4v) is 6.02. The molecule has 0 saturated carbocycles. The molecular formula is C30H41F2N7O. The van der Waals surface area contributed by atoms with E-state index in [-0.39, 0.29) is 29.9 Å². The molecule has 0 aliphatic carbocycles. The summed E-state index contributed by atoms with van der Waals surface area (Å²) < 4.78 is 33.4. The summed E-state index contributed by atoms with van der Waals surface area (Å²) in [7, 11) is 1.91. The number of nitrogens with two attached hydrogens (primary N) is 1. The number of ether oxygens (including phenoxy) is 1. The second-order valence-electron chi connectivity index (χ2n) is 11.9. The summed E-state index contributed by atoms with van der Waals surface area (Å²) in [6.45, 7) is 8.71. The lowest BCUT2D eigenvalue weighted by Gasteiger charge is -2.45. The third-order valence-corrected chi connectivity index (χ3v) is 8.38. The van der Waals surface area contributed by atoms with Gasteiger partial charge in [0.2, 0.25) is 0 Å². The summed E-state index contributed by atoms with van der Waals surface area (Å²) in [6.07, 6.45) is 2.26. The van der Waals surface area contributed by atoms with E-state index in [9.17, 15) is 8.78 Å². The van der Waals surface area contributed by atoms with Crippen LogP contribution in [0.4, 0.5) is 26.0 Å². The van der Waals surface area contributed by atoms with E-state index in [1.807, 2.05) is 54.4 Å². The van der Waals surface area contributed by atoms with Gasteiger partial charge in [-0.05, 0) is 63.7 Å².